The van der Waals surface area contributed by atoms with Crippen molar-refractivity contribution in [3.8, 4) is 0 Å². The van der Waals surface area contributed by atoms with Crippen LogP contribution in [0.1, 0.15) is 16.7 Å². The van der Waals surface area contributed by atoms with Gasteiger partial charge in [-0.1, -0.05) is 41.4 Å². The van der Waals surface area contributed by atoms with Crippen LogP contribution in [0.5, 0.6) is 0 Å². The third-order valence-corrected chi connectivity index (χ3v) is 3.15. The summed E-state index contributed by atoms with van der Waals surface area (Å²) < 4.78 is 0. The quantitative estimate of drug-likeness (QED) is 0.820. The highest BCUT2D eigenvalue weighted by Crippen LogP contribution is 2.16. The number of amides is 1. The summed E-state index contributed by atoms with van der Waals surface area (Å²) >= 11 is 5.89. The van der Waals surface area contributed by atoms with E-state index < -0.39 is 0 Å². The fraction of sp³-hybridized carbons (Fsp3) is 0.118. The van der Waals surface area contributed by atoms with Crippen LogP contribution in [0.3, 0.4) is 0 Å². The fourth-order valence-corrected chi connectivity index (χ4v) is 2.11. The van der Waals surface area contributed by atoms with Crippen LogP contribution in [0.25, 0.3) is 6.08 Å². The first-order valence-electron chi connectivity index (χ1n) is 6.36. The van der Waals surface area contributed by atoms with Crippen molar-refractivity contribution in [2.45, 2.75) is 13.8 Å². The molecule has 0 atom stereocenters. The molecule has 0 radical (unpaired) electrons. The fourth-order valence-electron chi connectivity index (χ4n) is 1.91. The van der Waals surface area contributed by atoms with Crippen molar-refractivity contribution in [3.05, 3.63) is 70.3 Å². The standard InChI is InChI=1S/C17H16ClNO/c1-12-6-8-16(13(2)10-12)19-17(20)9-7-14-4-3-5-15(18)11-14/h3-11H,1-2H3,(H,19,20)/b9-7+. The third-order valence-electron chi connectivity index (χ3n) is 2.92. The Bertz CT molecular complexity index is 662. The average Bonchev–Trinajstić information content (AvgIpc) is 2.40. The second kappa shape index (κ2) is 6.40. The van der Waals surface area contributed by atoms with Crippen LogP contribution in [-0.4, -0.2) is 5.91 Å². The van der Waals surface area contributed by atoms with Gasteiger partial charge in [-0.05, 0) is 49.2 Å². The summed E-state index contributed by atoms with van der Waals surface area (Å²) in [6, 6.07) is 13.3. The van der Waals surface area contributed by atoms with E-state index in [0.717, 1.165) is 16.8 Å². The zero-order valence-corrected chi connectivity index (χ0v) is 12.2. The number of carbonyl (C=O) groups is 1. The summed E-state index contributed by atoms with van der Waals surface area (Å²) in [7, 11) is 0. The van der Waals surface area contributed by atoms with Crippen molar-refractivity contribution in [3.63, 3.8) is 0 Å². The lowest BCUT2D eigenvalue weighted by molar-refractivity contribution is -0.111. The summed E-state index contributed by atoms with van der Waals surface area (Å²) in [4.78, 5) is 11.9. The second-order valence-electron chi connectivity index (χ2n) is 4.70. The Hall–Kier alpha value is -2.06. The third kappa shape index (κ3) is 3.97. The van der Waals surface area contributed by atoms with E-state index in [-0.39, 0.29) is 5.91 Å². The highest BCUT2D eigenvalue weighted by Gasteiger charge is 2.01. The van der Waals surface area contributed by atoms with Gasteiger partial charge in [0, 0.05) is 16.8 Å². The molecule has 1 N–H and O–H groups in total. The summed E-state index contributed by atoms with van der Waals surface area (Å²) in [6.45, 7) is 4.00. The van der Waals surface area contributed by atoms with E-state index in [4.69, 9.17) is 11.6 Å². The molecule has 0 spiro atoms. The molecule has 2 nitrogen and oxygen atoms in total. The number of hydrogen-bond acceptors (Lipinski definition) is 1. The molecular formula is C17H16ClNO. The van der Waals surface area contributed by atoms with Gasteiger partial charge in [0.1, 0.15) is 0 Å². The topological polar surface area (TPSA) is 29.1 Å². The predicted octanol–water partition coefficient (Wildman–Crippen LogP) is 4.61. The lowest BCUT2D eigenvalue weighted by atomic mass is 10.1. The van der Waals surface area contributed by atoms with Crippen LogP contribution in [0.2, 0.25) is 5.02 Å². The molecule has 102 valence electrons. The number of benzene rings is 2. The SMILES string of the molecule is Cc1ccc(NC(=O)/C=C/c2cccc(Cl)c2)c(C)c1. The number of hydrogen-bond donors (Lipinski definition) is 1. The highest BCUT2D eigenvalue weighted by molar-refractivity contribution is 6.30. The van der Waals surface area contributed by atoms with E-state index in [9.17, 15) is 4.79 Å². The van der Waals surface area contributed by atoms with Gasteiger partial charge in [0.2, 0.25) is 5.91 Å². The molecule has 0 aliphatic rings. The first-order valence-corrected chi connectivity index (χ1v) is 6.74. The van der Waals surface area contributed by atoms with Crippen LogP contribution >= 0.6 is 11.6 Å². The Morgan fingerprint density at radius 2 is 1.95 bits per heavy atom. The Balaban J connectivity index is 2.05. The van der Waals surface area contributed by atoms with Crippen molar-refractivity contribution in [1.82, 2.24) is 0 Å². The van der Waals surface area contributed by atoms with Crippen LogP contribution in [-0.2, 0) is 4.79 Å². The Labute approximate surface area is 124 Å². The van der Waals surface area contributed by atoms with Crippen molar-refractivity contribution in [2.24, 2.45) is 0 Å². The van der Waals surface area contributed by atoms with E-state index >= 15 is 0 Å². The lowest BCUT2D eigenvalue weighted by Gasteiger charge is -2.07. The van der Waals surface area contributed by atoms with E-state index in [1.54, 1.807) is 12.1 Å². The first kappa shape index (κ1) is 14.4. The maximum absolute atomic E-state index is 11.9. The molecule has 3 heteroatoms. The smallest absolute Gasteiger partial charge is 0.248 e. The summed E-state index contributed by atoms with van der Waals surface area (Å²) in [5.41, 5.74) is 3.95. The Kier molecular flexibility index (Phi) is 4.59. The molecule has 0 aliphatic heterocycles. The summed E-state index contributed by atoms with van der Waals surface area (Å²) in [5, 5.41) is 3.52. The maximum atomic E-state index is 11.9. The van der Waals surface area contributed by atoms with Gasteiger partial charge in [-0.2, -0.15) is 0 Å². The van der Waals surface area contributed by atoms with Gasteiger partial charge in [-0.3, -0.25) is 4.79 Å². The van der Waals surface area contributed by atoms with Gasteiger partial charge in [0.15, 0.2) is 0 Å². The molecule has 0 heterocycles. The van der Waals surface area contributed by atoms with Gasteiger partial charge in [0.25, 0.3) is 0 Å². The number of aryl methyl sites for hydroxylation is 2. The highest BCUT2D eigenvalue weighted by atomic mass is 35.5. The van der Waals surface area contributed by atoms with Gasteiger partial charge < -0.3 is 5.32 Å². The van der Waals surface area contributed by atoms with Gasteiger partial charge in [-0.15, -0.1) is 0 Å². The molecule has 2 aromatic rings. The molecular weight excluding hydrogens is 270 g/mol. The number of rotatable bonds is 3. The molecule has 0 unspecified atom stereocenters. The van der Waals surface area contributed by atoms with Gasteiger partial charge >= 0.3 is 0 Å². The minimum atomic E-state index is -0.156. The molecule has 2 rings (SSSR count). The minimum Gasteiger partial charge on any atom is -0.322 e. The van der Waals surface area contributed by atoms with Crippen LogP contribution in [0, 0.1) is 13.8 Å². The summed E-state index contributed by atoms with van der Waals surface area (Å²) in [5.74, 6) is -0.156. The lowest BCUT2D eigenvalue weighted by Crippen LogP contribution is -2.08. The molecule has 1 amide bonds. The van der Waals surface area contributed by atoms with E-state index in [0.29, 0.717) is 5.02 Å². The monoisotopic (exact) mass is 285 g/mol. The zero-order valence-electron chi connectivity index (χ0n) is 11.5. The molecule has 2 aromatic carbocycles. The predicted molar refractivity (Wildman–Crippen MR) is 85.0 cm³/mol. The van der Waals surface area contributed by atoms with Crippen LogP contribution in [0.4, 0.5) is 5.69 Å². The molecule has 0 bridgehead atoms. The largest absolute Gasteiger partial charge is 0.322 e. The molecule has 0 saturated carbocycles. The second-order valence-corrected chi connectivity index (χ2v) is 5.13. The van der Waals surface area contributed by atoms with Crippen molar-refractivity contribution < 1.29 is 4.79 Å². The van der Waals surface area contributed by atoms with E-state index in [1.807, 2.05) is 50.2 Å². The number of carbonyl (C=O) groups excluding carboxylic acids is 1. The normalized spacial score (nSPS) is 10.8. The molecule has 0 aliphatic carbocycles. The Morgan fingerprint density at radius 1 is 1.15 bits per heavy atom. The summed E-state index contributed by atoms with van der Waals surface area (Å²) in [6.07, 6.45) is 3.25. The maximum Gasteiger partial charge on any atom is 0.248 e. The first-order chi connectivity index (χ1) is 9.54. The van der Waals surface area contributed by atoms with Crippen LogP contribution < -0.4 is 5.32 Å². The van der Waals surface area contributed by atoms with E-state index in [2.05, 4.69) is 5.32 Å². The van der Waals surface area contributed by atoms with Crippen molar-refractivity contribution in [2.75, 3.05) is 5.32 Å². The number of halogens is 1. The van der Waals surface area contributed by atoms with Crippen molar-refractivity contribution in [1.29, 1.82) is 0 Å². The number of anilines is 1. The zero-order chi connectivity index (χ0) is 14.5. The minimum absolute atomic E-state index is 0.156. The average molecular weight is 286 g/mol. The van der Waals surface area contributed by atoms with Crippen molar-refractivity contribution >= 4 is 29.3 Å². The molecule has 0 aromatic heterocycles. The molecule has 20 heavy (non-hydrogen) atoms. The van der Waals surface area contributed by atoms with Gasteiger partial charge in [0.05, 0.1) is 0 Å². The molecule has 0 saturated heterocycles. The van der Waals surface area contributed by atoms with Crippen LogP contribution in [0.15, 0.2) is 48.5 Å². The number of nitrogens with one attached hydrogen (secondary N) is 1. The molecule has 0 fully saturated rings. The van der Waals surface area contributed by atoms with E-state index in [1.165, 1.54) is 11.6 Å². The van der Waals surface area contributed by atoms with Gasteiger partial charge in [-0.25, -0.2) is 0 Å². The Morgan fingerprint density at radius 3 is 2.65 bits per heavy atom.